The van der Waals surface area contributed by atoms with Gasteiger partial charge in [0.25, 0.3) is 5.91 Å². The zero-order valence-corrected chi connectivity index (χ0v) is 13.1. The fraction of sp³-hybridized carbons (Fsp3) is 0.308. The number of aromatic nitrogens is 2. The van der Waals surface area contributed by atoms with Crippen LogP contribution in [0.15, 0.2) is 23.3 Å². The largest absolute Gasteiger partial charge is 0.324 e. The molecule has 9 heteroatoms. The van der Waals surface area contributed by atoms with Crippen LogP contribution in [0.2, 0.25) is 0 Å². The molecule has 2 N–H and O–H groups in total. The van der Waals surface area contributed by atoms with Crippen LogP contribution in [0.25, 0.3) is 0 Å². The van der Waals surface area contributed by atoms with Gasteiger partial charge in [0.05, 0.1) is 16.0 Å². The van der Waals surface area contributed by atoms with Gasteiger partial charge < -0.3 is 0 Å². The van der Waals surface area contributed by atoms with Gasteiger partial charge in [-0.2, -0.15) is 10.2 Å². The van der Waals surface area contributed by atoms with E-state index in [4.69, 9.17) is 0 Å². The first-order chi connectivity index (χ1) is 10.3. The van der Waals surface area contributed by atoms with Crippen molar-refractivity contribution in [2.75, 3.05) is 0 Å². The van der Waals surface area contributed by atoms with Crippen molar-refractivity contribution in [1.29, 1.82) is 0 Å². The summed E-state index contributed by atoms with van der Waals surface area (Å²) >= 11 is 0.974. The summed E-state index contributed by atoms with van der Waals surface area (Å²) in [5.74, 6) is -0.450. The van der Waals surface area contributed by atoms with Gasteiger partial charge in [-0.3, -0.25) is 20.0 Å². The molecule has 0 saturated heterocycles. The van der Waals surface area contributed by atoms with Crippen LogP contribution in [-0.2, 0) is 5.41 Å². The summed E-state index contributed by atoms with van der Waals surface area (Å²) in [4.78, 5) is 22.5. The second-order valence-corrected chi connectivity index (χ2v) is 6.64. The van der Waals surface area contributed by atoms with Gasteiger partial charge >= 0.3 is 5.00 Å². The van der Waals surface area contributed by atoms with E-state index in [1.807, 2.05) is 20.8 Å². The minimum absolute atomic E-state index is 0.0231. The minimum atomic E-state index is -0.474. The summed E-state index contributed by atoms with van der Waals surface area (Å²) in [5, 5.41) is 21.1. The number of H-pyrrole nitrogens is 1. The molecule has 116 valence electrons. The minimum Gasteiger partial charge on any atom is -0.281 e. The van der Waals surface area contributed by atoms with E-state index in [1.165, 1.54) is 12.3 Å². The average molecular weight is 321 g/mol. The number of amides is 1. The molecule has 8 nitrogen and oxygen atoms in total. The van der Waals surface area contributed by atoms with Crippen molar-refractivity contribution in [1.82, 2.24) is 15.6 Å². The number of rotatable bonds is 4. The van der Waals surface area contributed by atoms with Crippen LogP contribution in [0.1, 0.15) is 41.8 Å². The monoisotopic (exact) mass is 321 g/mol. The zero-order chi connectivity index (χ0) is 16.3. The molecule has 0 spiro atoms. The van der Waals surface area contributed by atoms with Gasteiger partial charge in [0.15, 0.2) is 5.69 Å². The smallest absolute Gasteiger partial charge is 0.281 e. The van der Waals surface area contributed by atoms with Crippen LogP contribution in [0.4, 0.5) is 5.00 Å². The van der Waals surface area contributed by atoms with Gasteiger partial charge in [-0.05, 0) is 12.1 Å². The molecule has 0 fully saturated rings. The van der Waals surface area contributed by atoms with Crippen LogP contribution in [0.3, 0.4) is 0 Å². The number of aromatic amines is 1. The van der Waals surface area contributed by atoms with Gasteiger partial charge in [0, 0.05) is 17.2 Å². The molecule has 0 unspecified atom stereocenters. The average Bonchev–Trinajstić information content (AvgIpc) is 3.07. The second-order valence-electron chi connectivity index (χ2n) is 5.55. The summed E-state index contributed by atoms with van der Waals surface area (Å²) in [6.07, 6.45) is 1.35. The van der Waals surface area contributed by atoms with E-state index in [-0.39, 0.29) is 16.1 Å². The Morgan fingerprint density at radius 3 is 2.77 bits per heavy atom. The lowest BCUT2D eigenvalue weighted by Crippen LogP contribution is -2.18. The predicted octanol–water partition coefficient (Wildman–Crippen LogP) is 2.44. The summed E-state index contributed by atoms with van der Waals surface area (Å²) < 4.78 is 0. The summed E-state index contributed by atoms with van der Waals surface area (Å²) in [7, 11) is 0. The van der Waals surface area contributed by atoms with Crippen molar-refractivity contribution < 1.29 is 9.72 Å². The number of hydrogen-bond donors (Lipinski definition) is 2. The Kier molecular flexibility index (Phi) is 4.36. The fourth-order valence-electron chi connectivity index (χ4n) is 1.54. The Bertz CT molecular complexity index is 726. The molecule has 0 saturated carbocycles. The molecule has 22 heavy (non-hydrogen) atoms. The van der Waals surface area contributed by atoms with Crippen molar-refractivity contribution >= 4 is 28.5 Å². The van der Waals surface area contributed by atoms with Crippen molar-refractivity contribution in [3.63, 3.8) is 0 Å². The van der Waals surface area contributed by atoms with Gasteiger partial charge in [-0.15, -0.1) is 0 Å². The van der Waals surface area contributed by atoms with E-state index in [0.29, 0.717) is 4.88 Å². The second kappa shape index (κ2) is 6.06. The molecule has 0 bridgehead atoms. The normalized spacial score (nSPS) is 11.8. The quantitative estimate of drug-likeness (QED) is 0.511. The third-order valence-corrected chi connectivity index (χ3v) is 3.74. The Hall–Kier alpha value is -2.55. The predicted molar refractivity (Wildman–Crippen MR) is 83.3 cm³/mol. The maximum atomic E-state index is 11.9. The lowest BCUT2D eigenvalue weighted by atomic mass is 9.92. The highest BCUT2D eigenvalue weighted by Gasteiger charge is 2.19. The van der Waals surface area contributed by atoms with E-state index >= 15 is 0 Å². The van der Waals surface area contributed by atoms with Crippen LogP contribution in [-0.4, -0.2) is 27.2 Å². The molecule has 0 aromatic carbocycles. The van der Waals surface area contributed by atoms with Gasteiger partial charge in [0.1, 0.15) is 0 Å². The molecule has 2 aromatic rings. The van der Waals surface area contributed by atoms with Crippen molar-refractivity contribution in [3.8, 4) is 0 Å². The first kappa shape index (κ1) is 15.8. The number of nitrogens with one attached hydrogen (secondary N) is 2. The number of hydrazone groups is 1. The Morgan fingerprint density at radius 1 is 1.50 bits per heavy atom. The molecule has 0 aliphatic heterocycles. The maximum absolute atomic E-state index is 11.9. The van der Waals surface area contributed by atoms with E-state index < -0.39 is 10.8 Å². The first-order valence-corrected chi connectivity index (χ1v) is 7.22. The number of nitro groups is 1. The Labute approximate surface area is 130 Å². The number of carbonyl (C=O) groups is 1. The molecule has 2 heterocycles. The lowest BCUT2D eigenvalue weighted by Gasteiger charge is -2.14. The van der Waals surface area contributed by atoms with Crippen LogP contribution < -0.4 is 5.43 Å². The molecule has 0 atom stereocenters. The van der Waals surface area contributed by atoms with Crippen molar-refractivity contribution in [3.05, 3.63) is 44.6 Å². The van der Waals surface area contributed by atoms with E-state index in [1.54, 1.807) is 12.1 Å². The maximum Gasteiger partial charge on any atom is 0.324 e. The molecule has 0 aliphatic carbocycles. The molecule has 0 radical (unpaired) electrons. The Balaban J connectivity index is 1.98. The molecule has 2 aromatic heterocycles. The van der Waals surface area contributed by atoms with E-state index in [2.05, 4.69) is 20.7 Å². The van der Waals surface area contributed by atoms with E-state index in [9.17, 15) is 14.9 Å². The molecular weight excluding hydrogens is 306 g/mol. The van der Waals surface area contributed by atoms with Crippen LogP contribution in [0, 0.1) is 10.1 Å². The Morgan fingerprint density at radius 2 is 2.23 bits per heavy atom. The third-order valence-electron chi connectivity index (χ3n) is 2.77. The first-order valence-electron chi connectivity index (χ1n) is 6.41. The summed E-state index contributed by atoms with van der Waals surface area (Å²) in [6, 6.07) is 4.61. The van der Waals surface area contributed by atoms with Crippen molar-refractivity contribution in [2.45, 2.75) is 26.2 Å². The number of carbonyl (C=O) groups excluding carboxylic acids is 1. The molecule has 1 amide bonds. The fourth-order valence-corrected chi connectivity index (χ4v) is 2.24. The zero-order valence-electron chi connectivity index (χ0n) is 12.3. The lowest BCUT2D eigenvalue weighted by molar-refractivity contribution is -0.380. The summed E-state index contributed by atoms with van der Waals surface area (Å²) in [5.41, 5.74) is 3.28. The molecular formula is C13H15N5O3S. The number of hydrogen-bond acceptors (Lipinski definition) is 6. The number of nitrogens with zero attached hydrogens (tertiary/aromatic N) is 3. The van der Waals surface area contributed by atoms with Gasteiger partial charge in [0.2, 0.25) is 0 Å². The topological polar surface area (TPSA) is 113 Å². The number of thiophene rings is 1. The highest BCUT2D eigenvalue weighted by Crippen LogP contribution is 2.22. The van der Waals surface area contributed by atoms with Gasteiger partial charge in [-0.25, -0.2) is 5.43 Å². The van der Waals surface area contributed by atoms with Crippen molar-refractivity contribution in [2.24, 2.45) is 5.10 Å². The highest BCUT2D eigenvalue weighted by atomic mass is 32.1. The standard InChI is InChI=1S/C13H15N5O3S/c1-13(2,3)10-6-9(15-16-10)12(19)17-14-7-8-4-5-11(22-8)18(20)21/h4-7H,1-3H3,(H,15,16)(H,17,19)/b14-7-. The SMILES string of the molecule is CC(C)(C)c1cc(C(=O)N/N=C\c2ccc([N+](=O)[O-])s2)n[nH]1. The summed E-state index contributed by atoms with van der Waals surface area (Å²) in [6.45, 7) is 6.01. The van der Waals surface area contributed by atoms with Crippen LogP contribution in [0.5, 0.6) is 0 Å². The molecule has 2 rings (SSSR count). The van der Waals surface area contributed by atoms with Crippen LogP contribution >= 0.6 is 11.3 Å². The third kappa shape index (κ3) is 3.76. The van der Waals surface area contributed by atoms with Gasteiger partial charge in [-0.1, -0.05) is 32.1 Å². The highest BCUT2D eigenvalue weighted by molar-refractivity contribution is 7.16. The molecule has 0 aliphatic rings. The van der Waals surface area contributed by atoms with E-state index in [0.717, 1.165) is 17.0 Å².